The number of amides is 3. The molecule has 2 aliphatic rings. The van der Waals surface area contributed by atoms with Crippen LogP contribution in [0.2, 0.25) is 0 Å². The van der Waals surface area contributed by atoms with Crippen molar-refractivity contribution in [3.8, 4) is 5.75 Å². The number of hydrogen-bond acceptors (Lipinski definition) is 6. The maximum atomic E-state index is 13.1. The fraction of sp³-hybridized carbons (Fsp3) is 0.577. The number of hydrogen-bond donors (Lipinski definition) is 1. The number of furan rings is 1. The molecule has 1 N–H and O–H groups in total. The van der Waals surface area contributed by atoms with Crippen LogP contribution in [0.25, 0.3) is 11.0 Å². The number of esters is 1. The van der Waals surface area contributed by atoms with Crippen molar-refractivity contribution in [1.29, 1.82) is 0 Å². The predicted octanol–water partition coefficient (Wildman–Crippen LogP) is 3.67. The first kappa shape index (κ1) is 24.9. The smallest absolute Gasteiger partial charge is 0.328 e. The summed E-state index contributed by atoms with van der Waals surface area (Å²) < 4.78 is 16.1. The molecule has 0 bridgehead atoms. The van der Waals surface area contributed by atoms with Crippen molar-refractivity contribution in [2.75, 3.05) is 40.4 Å². The third kappa shape index (κ3) is 5.23. The highest BCUT2D eigenvalue weighted by atomic mass is 16.5. The Hall–Kier alpha value is -3.23. The Morgan fingerprint density at radius 3 is 2.40 bits per heavy atom. The first-order valence-electron chi connectivity index (χ1n) is 12.2. The molecule has 2 aromatic rings. The van der Waals surface area contributed by atoms with Gasteiger partial charge in [0.15, 0.2) is 17.1 Å². The Morgan fingerprint density at radius 1 is 1.09 bits per heavy atom. The minimum Gasteiger partial charge on any atom is -0.493 e. The number of benzene rings is 1. The molecule has 4 rings (SSSR count). The van der Waals surface area contributed by atoms with Gasteiger partial charge in [0.25, 0.3) is 5.91 Å². The number of para-hydroxylation sites is 1. The van der Waals surface area contributed by atoms with Crippen molar-refractivity contribution >= 4 is 28.9 Å². The van der Waals surface area contributed by atoms with E-state index in [1.165, 1.54) is 7.11 Å². The number of nitrogens with one attached hydrogen (secondary N) is 1. The lowest BCUT2D eigenvalue weighted by Gasteiger charge is -2.39. The zero-order valence-corrected chi connectivity index (χ0v) is 21.0. The van der Waals surface area contributed by atoms with Crippen LogP contribution in [0.3, 0.4) is 0 Å². The predicted molar refractivity (Wildman–Crippen MR) is 130 cm³/mol. The van der Waals surface area contributed by atoms with E-state index < -0.39 is 12.0 Å². The second-order valence-corrected chi connectivity index (χ2v) is 10.1. The number of rotatable bonds is 6. The molecule has 1 spiro atoms. The molecule has 9 nitrogen and oxygen atoms in total. The van der Waals surface area contributed by atoms with E-state index >= 15 is 0 Å². The first-order valence-corrected chi connectivity index (χ1v) is 12.2. The van der Waals surface area contributed by atoms with Crippen LogP contribution in [0, 0.1) is 11.3 Å². The molecule has 2 aliphatic heterocycles. The summed E-state index contributed by atoms with van der Waals surface area (Å²) in [5.41, 5.74) is 0.566. The molecule has 3 heterocycles. The van der Waals surface area contributed by atoms with Gasteiger partial charge in [-0.2, -0.15) is 0 Å². The molecule has 1 aromatic heterocycles. The third-order valence-corrected chi connectivity index (χ3v) is 7.27. The summed E-state index contributed by atoms with van der Waals surface area (Å²) in [7, 11) is 2.91. The van der Waals surface area contributed by atoms with E-state index in [2.05, 4.69) is 5.32 Å². The summed E-state index contributed by atoms with van der Waals surface area (Å²) in [6.45, 7) is 6.49. The number of urea groups is 1. The average Bonchev–Trinajstić information content (AvgIpc) is 3.47. The van der Waals surface area contributed by atoms with Crippen LogP contribution in [0.5, 0.6) is 5.75 Å². The topological polar surface area (TPSA) is 101 Å². The van der Waals surface area contributed by atoms with Crippen molar-refractivity contribution in [2.45, 2.75) is 45.6 Å². The lowest BCUT2D eigenvalue weighted by atomic mass is 9.78. The summed E-state index contributed by atoms with van der Waals surface area (Å²) in [6, 6.07) is 6.46. The molecule has 35 heavy (non-hydrogen) atoms. The molecule has 190 valence electrons. The van der Waals surface area contributed by atoms with Gasteiger partial charge in [-0.15, -0.1) is 0 Å². The van der Waals surface area contributed by atoms with E-state index in [1.54, 1.807) is 18.1 Å². The van der Waals surface area contributed by atoms with Crippen LogP contribution in [-0.2, 0) is 9.53 Å². The first-order chi connectivity index (χ1) is 16.7. The minimum absolute atomic E-state index is 0.00989. The van der Waals surface area contributed by atoms with Gasteiger partial charge in [0.05, 0.1) is 14.2 Å². The fourth-order valence-electron chi connectivity index (χ4n) is 5.23. The van der Waals surface area contributed by atoms with Crippen LogP contribution in [0.15, 0.2) is 28.7 Å². The van der Waals surface area contributed by atoms with E-state index in [0.717, 1.165) is 24.6 Å². The highest BCUT2D eigenvalue weighted by molar-refractivity contribution is 5.97. The maximum Gasteiger partial charge on any atom is 0.328 e. The summed E-state index contributed by atoms with van der Waals surface area (Å²) >= 11 is 0. The largest absolute Gasteiger partial charge is 0.493 e. The van der Waals surface area contributed by atoms with Gasteiger partial charge < -0.3 is 29.0 Å². The lowest BCUT2D eigenvalue weighted by molar-refractivity contribution is -0.143. The molecule has 3 amide bonds. The molecule has 1 atom stereocenters. The SMILES string of the molecule is COC(=O)C(CC(C)C)NC(=O)N1CCC2(CCN(C(=O)c3cc4cccc(OC)c4o3)CC2)C1. The number of piperidine rings is 1. The van der Waals surface area contributed by atoms with E-state index in [-0.39, 0.29) is 23.3 Å². The number of fused-ring (bicyclic) bond motifs is 1. The van der Waals surface area contributed by atoms with Crippen molar-refractivity contribution in [1.82, 2.24) is 15.1 Å². The van der Waals surface area contributed by atoms with Crippen molar-refractivity contribution in [2.24, 2.45) is 11.3 Å². The number of methoxy groups -OCH3 is 2. The molecule has 2 saturated heterocycles. The Balaban J connectivity index is 1.35. The van der Waals surface area contributed by atoms with Gasteiger partial charge >= 0.3 is 12.0 Å². The van der Waals surface area contributed by atoms with Crippen molar-refractivity contribution < 1.29 is 28.3 Å². The van der Waals surface area contributed by atoms with Gasteiger partial charge in [-0.05, 0) is 49.1 Å². The lowest BCUT2D eigenvalue weighted by Crippen LogP contribution is -2.49. The quantitative estimate of drug-likeness (QED) is 0.627. The molecule has 0 radical (unpaired) electrons. The molecular weight excluding hydrogens is 450 g/mol. The minimum atomic E-state index is -0.647. The normalized spacial score (nSPS) is 18.2. The molecular formula is C26H35N3O6. The van der Waals surface area contributed by atoms with E-state index in [0.29, 0.717) is 49.7 Å². The summed E-state index contributed by atoms with van der Waals surface area (Å²) in [4.78, 5) is 41.7. The zero-order chi connectivity index (χ0) is 25.2. The van der Waals surface area contributed by atoms with Gasteiger partial charge in [0, 0.05) is 31.6 Å². The van der Waals surface area contributed by atoms with Crippen LogP contribution in [0.1, 0.15) is 50.1 Å². The molecule has 1 aromatic carbocycles. The van der Waals surface area contributed by atoms with Crippen molar-refractivity contribution in [3.63, 3.8) is 0 Å². The van der Waals surface area contributed by atoms with Gasteiger partial charge in [0.2, 0.25) is 0 Å². The van der Waals surface area contributed by atoms with Gasteiger partial charge in [0.1, 0.15) is 6.04 Å². The third-order valence-electron chi connectivity index (χ3n) is 7.27. The van der Waals surface area contributed by atoms with Gasteiger partial charge in [-0.3, -0.25) is 4.79 Å². The number of carbonyl (C=O) groups excluding carboxylic acids is 3. The van der Waals surface area contributed by atoms with Crippen molar-refractivity contribution in [3.05, 3.63) is 30.0 Å². The highest BCUT2D eigenvalue weighted by Crippen LogP contribution is 2.41. The molecule has 0 saturated carbocycles. The van der Waals surface area contributed by atoms with E-state index in [1.807, 2.05) is 36.9 Å². The molecule has 1 unspecified atom stereocenters. The summed E-state index contributed by atoms with van der Waals surface area (Å²) in [5.74, 6) is 0.619. The monoisotopic (exact) mass is 485 g/mol. The zero-order valence-electron chi connectivity index (χ0n) is 21.0. The highest BCUT2D eigenvalue weighted by Gasteiger charge is 2.43. The Morgan fingerprint density at radius 2 is 1.77 bits per heavy atom. The Kier molecular flexibility index (Phi) is 7.23. The van der Waals surface area contributed by atoms with Gasteiger partial charge in [-0.1, -0.05) is 26.0 Å². The number of likely N-dealkylation sites (tertiary alicyclic amines) is 2. The summed E-state index contributed by atoms with van der Waals surface area (Å²) in [6.07, 6.45) is 3.05. The molecule has 2 fully saturated rings. The van der Waals surface area contributed by atoms with Crippen LogP contribution < -0.4 is 10.1 Å². The second-order valence-electron chi connectivity index (χ2n) is 10.1. The van der Waals surface area contributed by atoms with Gasteiger partial charge in [-0.25, -0.2) is 9.59 Å². The fourth-order valence-corrected chi connectivity index (χ4v) is 5.23. The molecule has 9 heteroatoms. The number of nitrogens with zero attached hydrogens (tertiary/aromatic N) is 2. The molecule has 0 aliphatic carbocycles. The van der Waals surface area contributed by atoms with E-state index in [4.69, 9.17) is 13.9 Å². The average molecular weight is 486 g/mol. The van der Waals surface area contributed by atoms with Crippen LogP contribution in [0.4, 0.5) is 4.79 Å². The van der Waals surface area contributed by atoms with Crippen LogP contribution in [-0.4, -0.2) is 74.1 Å². The standard InChI is InChI=1S/C26H35N3O6/c1-17(2)14-19(24(31)34-4)27-25(32)29-13-10-26(16-29)8-11-28(12-9-26)23(30)21-15-18-6-5-7-20(33-3)22(18)35-21/h5-7,15,17,19H,8-14,16H2,1-4H3,(H,27,32). The maximum absolute atomic E-state index is 13.1. The Labute approximate surface area is 205 Å². The number of ether oxygens (including phenoxy) is 2. The van der Waals surface area contributed by atoms with Crippen LogP contribution >= 0.6 is 0 Å². The second kappa shape index (κ2) is 10.2. The summed E-state index contributed by atoms with van der Waals surface area (Å²) in [5, 5.41) is 3.69. The Bertz CT molecular complexity index is 1090. The van der Waals surface area contributed by atoms with E-state index in [9.17, 15) is 14.4 Å². The number of carbonyl (C=O) groups is 3.